The van der Waals surface area contributed by atoms with E-state index >= 15 is 0 Å². The van der Waals surface area contributed by atoms with E-state index in [-0.39, 0.29) is 11.8 Å². The summed E-state index contributed by atoms with van der Waals surface area (Å²) in [6.45, 7) is 0.926. The van der Waals surface area contributed by atoms with Crippen LogP contribution in [-0.2, 0) is 9.59 Å². The molecule has 2 aromatic carbocycles. The predicted octanol–water partition coefficient (Wildman–Crippen LogP) is 4.04. The largest absolute Gasteiger partial charge is 0.497 e. The summed E-state index contributed by atoms with van der Waals surface area (Å²) >= 11 is 5.80. The van der Waals surface area contributed by atoms with E-state index in [2.05, 4.69) is 10.6 Å². The van der Waals surface area contributed by atoms with E-state index in [1.807, 2.05) is 24.3 Å². The SMILES string of the molecule is COc1ccc(OCCCC(=O)NCCCC(=O)Nc2ccc(Cl)cc2)cc1. The zero-order valence-electron chi connectivity index (χ0n) is 15.9. The van der Waals surface area contributed by atoms with Gasteiger partial charge in [0.15, 0.2) is 0 Å². The van der Waals surface area contributed by atoms with Gasteiger partial charge in [-0.15, -0.1) is 0 Å². The van der Waals surface area contributed by atoms with Crippen molar-refractivity contribution < 1.29 is 19.1 Å². The van der Waals surface area contributed by atoms with E-state index in [0.29, 0.717) is 49.5 Å². The second kappa shape index (κ2) is 11.9. The molecule has 0 fully saturated rings. The Labute approximate surface area is 170 Å². The van der Waals surface area contributed by atoms with Crippen LogP contribution in [0.25, 0.3) is 0 Å². The molecule has 0 aliphatic rings. The summed E-state index contributed by atoms with van der Waals surface area (Å²) in [6, 6.07) is 14.2. The number of methoxy groups -OCH3 is 1. The number of amides is 2. The molecule has 28 heavy (non-hydrogen) atoms. The number of benzene rings is 2. The van der Waals surface area contributed by atoms with Gasteiger partial charge in [-0.1, -0.05) is 11.6 Å². The molecule has 150 valence electrons. The highest BCUT2D eigenvalue weighted by Crippen LogP contribution is 2.17. The van der Waals surface area contributed by atoms with E-state index in [1.165, 1.54) is 0 Å². The van der Waals surface area contributed by atoms with Crippen LogP contribution in [0.3, 0.4) is 0 Å². The van der Waals surface area contributed by atoms with Crippen molar-refractivity contribution in [2.75, 3.05) is 25.6 Å². The molecule has 0 bridgehead atoms. The number of hydrogen-bond acceptors (Lipinski definition) is 4. The van der Waals surface area contributed by atoms with Gasteiger partial charge in [0.1, 0.15) is 11.5 Å². The summed E-state index contributed by atoms with van der Waals surface area (Å²) in [4.78, 5) is 23.7. The summed E-state index contributed by atoms with van der Waals surface area (Å²) in [5.74, 6) is 1.38. The van der Waals surface area contributed by atoms with Crippen LogP contribution in [0.4, 0.5) is 5.69 Å². The van der Waals surface area contributed by atoms with Gasteiger partial charge < -0.3 is 20.1 Å². The van der Waals surface area contributed by atoms with E-state index in [9.17, 15) is 9.59 Å². The van der Waals surface area contributed by atoms with Crippen molar-refractivity contribution in [2.45, 2.75) is 25.7 Å². The Hall–Kier alpha value is -2.73. The van der Waals surface area contributed by atoms with Crippen molar-refractivity contribution >= 4 is 29.1 Å². The van der Waals surface area contributed by atoms with Crippen molar-refractivity contribution in [1.29, 1.82) is 0 Å². The summed E-state index contributed by atoms with van der Waals surface area (Å²) in [5.41, 5.74) is 0.704. The second-order valence-corrected chi connectivity index (χ2v) is 6.57. The van der Waals surface area contributed by atoms with Gasteiger partial charge in [-0.3, -0.25) is 9.59 Å². The van der Waals surface area contributed by atoms with Gasteiger partial charge in [0.2, 0.25) is 11.8 Å². The highest BCUT2D eigenvalue weighted by molar-refractivity contribution is 6.30. The summed E-state index contributed by atoms with van der Waals surface area (Å²) in [7, 11) is 1.61. The fourth-order valence-corrected chi connectivity index (χ4v) is 2.54. The van der Waals surface area contributed by atoms with Gasteiger partial charge in [-0.25, -0.2) is 0 Å². The van der Waals surface area contributed by atoms with Crippen LogP contribution in [0.5, 0.6) is 11.5 Å². The van der Waals surface area contributed by atoms with Crippen LogP contribution in [0, 0.1) is 0 Å². The number of ether oxygens (including phenoxy) is 2. The van der Waals surface area contributed by atoms with Crippen molar-refractivity contribution in [1.82, 2.24) is 5.32 Å². The first-order valence-electron chi connectivity index (χ1n) is 9.16. The second-order valence-electron chi connectivity index (χ2n) is 6.14. The number of carbonyl (C=O) groups is 2. The van der Waals surface area contributed by atoms with Gasteiger partial charge in [-0.2, -0.15) is 0 Å². The first kappa shape index (κ1) is 21.6. The molecule has 2 amide bonds. The predicted molar refractivity (Wildman–Crippen MR) is 110 cm³/mol. The summed E-state index contributed by atoms with van der Waals surface area (Å²) in [5, 5.41) is 6.22. The molecule has 2 N–H and O–H groups in total. The maximum Gasteiger partial charge on any atom is 0.224 e. The zero-order chi connectivity index (χ0) is 20.2. The highest BCUT2D eigenvalue weighted by Gasteiger charge is 2.05. The lowest BCUT2D eigenvalue weighted by Gasteiger charge is -2.08. The van der Waals surface area contributed by atoms with Crippen molar-refractivity contribution in [3.63, 3.8) is 0 Å². The maximum atomic E-state index is 11.8. The fourth-order valence-electron chi connectivity index (χ4n) is 2.42. The molecule has 0 aromatic heterocycles. The number of nitrogens with one attached hydrogen (secondary N) is 2. The highest BCUT2D eigenvalue weighted by atomic mass is 35.5. The lowest BCUT2D eigenvalue weighted by atomic mass is 10.2. The lowest BCUT2D eigenvalue weighted by molar-refractivity contribution is -0.121. The molecule has 0 saturated heterocycles. The molecule has 0 saturated carbocycles. The summed E-state index contributed by atoms with van der Waals surface area (Å²) in [6.07, 6.45) is 1.92. The Morgan fingerprint density at radius 3 is 2.21 bits per heavy atom. The minimum Gasteiger partial charge on any atom is -0.497 e. The van der Waals surface area contributed by atoms with Gasteiger partial charge in [0, 0.05) is 30.1 Å². The Bertz CT molecular complexity index is 748. The molecule has 0 aliphatic carbocycles. The lowest BCUT2D eigenvalue weighted by Crippen LogP contribution is -2.25. The van der Waals surface area contributed by atoms with Crippen LogP contribution >= 0.6 is 11.6 Å². The quantitative estimate of drug-likeness (QED) is 0.554. The fraction of sp³-hybridized carbons (Fsp3) is 0.333. The van der Waals surface area contributed by atoms with Gasteiger partial charge in [0.05, 0.1) is 13.7 Å². The smallest absolute Gasteiger partial charge is 0.224 e. The van der Waals surface area contributed by atoms with Crippen LogP contribution in [0.2, 0.25) is 5.02 Å². The maximum absolute atomic E-state index is 11.8. The Kier molecular flexibility index (Phi) is 9.15. The van der Waals surface area contributed by atoms with Gasteiger partial charge >= 0.3 is 0 Å². The minimum absolute atomic E-state index is 0.0450. The molecule has 0 radical (unpaired) electrons. The number of halogens is 1. The Morgan fingerprint density at radius 1 is 0.893 bits per heavy atom. The van der Waals surface area contributed by atoms with Crippen molar-refractivity contribution in [3.05, 3.63) is 53.6 Å². The number of hydrogen-bond donors (Lipinski definition) is 2. The monoisotopic (exact) mass is 404 g/mol. The van der Waals surface area contributed by atoms with Crippen molar-refractivity contribution in [3.8, 4) is 11.5 Å². The molecule has 0 unspecified atom stereocenters. The molecule has 6 nitrogen and oxygen atoms in total. The molecule has 0 atom stereocenters. The molecule has 7 heteroatoms. The molecule has 2 aromatic rings. The molecule has 0 spiro atoms. The Morgan fingerprint density at radius 2 is 1.54 bits per heavy atom. The Balaban J connectivity index is 1.51. The average molecular weight is 405 g/mol. The van der Waals surface area contributed by atoms with Gasteiger partial charge in [-0.05, 0) is 61.4 Å². The van der Waals surface area contributed by atoms with E-state index in [1.54, 1.807) is 31.4 Å². The molecule has 2 rings (SSSR count). The topological polar surface area (TPSA) is 76.7 Å². The number of carbonyl (C=O) groups excluding carboxylic acids is 2. The summed E-state index contributed by atoms with van der Waals surface area (Å²) < 4.78 is 10.7. The first-order valence-corrected chi connectivity index (χ1v) is 9.53. The van der Waals surface area contributed by atoms with E-state index < -0.39 is 0 Å². The van der Waals surface area contributed by atoms with E-state index in [0.717, 1.165) is 11.5 Å². The molecular weight excluding hydrogens is 380 g/mol. The third kappa shape index (κ3) is 8.31. The zero-order valence-corrected chi connectivity index (χ0v) is 16.6. The van der Waals surface area contributed by atoms with Gasteiger partial charge in [0.25, 0.3) is 0 Å². The van der Waals surface area contributed by atoms with Crippen LogP contribution in [0.15, 0.2) is 48.5 Å². The molecule has 0 heterocycles. The average Bonchev–Trinajstić information content (AvgIpc) is 2.71. The van der Waals surface area contributed by atoms with Crippen molar-refractivity contribution in [2.24, 2.45) is 0 Å². The first-order chi connectivity index (χ1) is 13.6. The number of rotatable bonds is 11. The third-order valence-electron chi connectivity index (χ3n) is 3.91. The normalized spacial score (nSPS) is 10.2. The van der Waals surface area contributed by atoms with Crippen LogP contribution < -0.4 is 20.1 Å². The van der Waals surface area contributed by atoms with E-state index in [4.69, 9.17) is 21.1 Å². The number of anilines is 1. The van der Waals surface area contributed by atoms with Crippen LogP contribution in [-0.4, -0.2) is 32.1 Å². The van der Waals surface area contributed by atoms with Crippen LogP contribution in [0.1, 0.15) is 25.7 Å². The molecular formula is C21H25ClN2O4. The third-order valence-corrected chi connectivity index (χ3v) is 4.16. The molecule has 0 aliphatic heterocycles. The minimum atomic E-state index is -0.0931. The standard InChI is InChI=1S/C21H25ClN2O4/c1-27-18-10-12-19(13-11-18)28-15-3-5-20(25)23-14-2-4-21(26)24-17-8-6-16(22)7-9-17/h6-13H,2-5,14-15H2,1H3,(H,23,25)(H,24,26).